The highest BCUT2D eigenvalue weighted by atomic mass is 16.5. The van der Waals surface area contributed by atoms with E-state index in [-0.39, 0.29) is 17.5 Å². The molecule has 30 heavy (non-hydrogen) atoms. The molecule has 0 atom stereocenters. The van der Waals surface area contributed by atoms with Crippen LogP contribution in [0, 0.1) is 0 Å². The summed E-state index contributed by atoms with van der Waals surface area (Å²) < 4.78 is 7.19. The van der Waals surface area contributed by atoms with Gasteiger partial charge in [-0.15, -0.1) is 0 Å². The van der Waals surface area contributed by atoms with Crippen LogP contribution in [0.4, 0.5) is 5.69 Å². The molecule has 2 heterocycles. The molecular weight excluding hydrogens is 380 g/mol. The van der Waals surface area contributed by atoms with Crippen LogP contribution < -0.4 is 10.1 Å². The Kier molecular flexibility index (Phi) is 5.79. The minimum absolute atomic E-state index is 0.113. The summed E-state index contributed by atoms with van der Waals surface area (Å²) in [6.45, 7) is 4.17. The molecule has 7 heteroatoms. The standard InChI is InChI=1S/C23H24N4O3/c1-2-30-21-12-7-6-11-18(21)24-22(28)19-15-20-23(29)26(13-8-14-27(20)25-19)16-17-9-4-3-5-10-17/h3-7,9-12,15H,2,8,13-14,16H2,1H3,(H,24,28). The van der Waals surface area contributed by atoms with E-state index in [1.165, 1.54) is 0 Å². The Bertz CT molecular complexity index is 1050. The molecule has 4 rings (SSSR count). The Morgan fingerprint density at radius 2 is 1.87 bits per heavy atom. The molecular formula is C23H24N4O3. The van der Waals surface area contributed by atoms with Gasteiger partial charge in [0.2, 0.25) is 0 Å². The third-order valence-corrected chi connectivity index (χ3v) is 4.97. The minimum atomic E-state index is -0.370. The van der Waals surface area contributed by atoms with Crippen molar-refractivity contribution >= 4 is 17.5 Å². The number of anilines is 1. The van der Waals surface area contributed by atoms with Gasteiger partial charge in [-0.2, -0.15) is 5.10 Å². The first-order chi connectivity index (χ1) is 14.7. The molecule has 0 aliphatic carbocycles. The van der Waals surface area contributed by atoms with Crippen molar-refractivity contribution in [2.45, 2.75) is 26.4 Å². The largest absolute Gasteiger partial charge is 0.492 e. The van der Waals surface area contributed by atoms with Crippen LogP contribution >= 0.6 is 0 Å². The summed E-state index contributed by atoms with van der Waals surface area (Å²) in [6.07, 6.45) is 0.779. The molecule has 1 aliphatic rings. The van der Waals surface area contributed by atoms with Gasteiger partial charge in [0.05, 0.1) is 12.3 Å². The molecule has 0 saturated heterocycles. The molecule has 2 aromatic carbocycles. The highest BCUT2D eigenvalue weighted by molar-refractivity contribution is 6.05. The van der Waals surface area contributed by atoms with Crippen molar-refractivity contribution in [2.24, 2.45) is 0 Å². The van der Waals surface area contributed by atoms with Crippen LogP contribution in [0.25, 0.3) is 0 Å². The second-order valence-electron chi connectivity index (χ2n) is 7.09. The van der Waals surface area contributed by atoms with Crippen LogP contribution in [-0.2, 0) is 13.1 Å². The number of hydrogen-bond acceptors (Lipinski definition) is 4. The number of nitrogens with zero attached hydrogens (tertiary/aromatic N) is 3. The van der Waals surface area contributed by atoms with Crippen LogP contribution in [0.15, 0.2) is 60.7 Å². The van der Waals surface area contributed by atoms with E-state index in [1.807, 2.05) is 54.3 Å². The summed E-state index contributed by atoms with van der Waals surface area (Å²) in [5, 5.41) is 7.23. The van der Waals surface area contributed by atoms with E-state index in [0.29, 0.717) is 43.4 Å². The van der Waals surface area contributed by atoms with Gasteiger partial charge in [0, 0.05) is 25.7 Å². The number of ether oxygens (including phenoxy) is 1. The number of para-hydroxylation sites is 2. The van der Waals surface area contributed by atoms with E-state index in [0.717, 1.165) is 12.0 Å². The molecule has 0 bridgehead atoms. The van der Waals surface area contributed by atoms with Gasteiger partial charge in [0.15, 0.2) is 5.69 Å². The van der Waals surface area contributed by atoms with Crippen LogP contribution in [0.2, 0.25) is 0 Å². The van der Waals surface area contributed by atoms with Gasteiger partial charge in [-0.3, -0.25) is 14.3 Å². The summed E-state index contributed by atoms with van der Waals surface area (Å²) in [7, 11) is 0. The molecule has 3 aromatic rings. The normalized spacial score (nSPS) is 13.5. The van der Waals surface area contributed by atoms with Gasteiger partial charge < -0.3 is 15.0 Å². The van der Waals surface area contributed by atoms with E-state index in [2.05, 4.69) is 10.4 Å². The maximum absolute atomic E-state index is 13.1. The second kappa shape index (κ2) is 8.82. The average molecular weight is 404 g/mol. The molecule has 0 saturated carbocycles. The fraction of sp³-hybridized carbons (Fsp3) is 0.261. The number of aryl methyl sites for hydroxylation is 1. The van der Waals surface area contributed by atoms with E-state index in [1.54, 1.807) is 22.9 Å². The Morgan fingerprint density at radius 3 is 2.67 bits per heavy atom. The topological polar surface area (TPSA) is 76.5 Å². The number of rotatable bonds is 6. The van der Waals surface area contributed by atoms with E-state index in [9.17, 15) is 9.59 Å². The second-order valence-corrected chi connectivity index (χ2v) is 7.09. The molecule has 0 fully saturated rings. The molecule has 1 aliphatic heterocycles. The molecule has 1 aromatic heterocycles. The van der Waals surface area contributed by atoms with E-state index < -0.39 is 0 Å². The predicted octanol–water partition coefficient (Wildman–Crippen LogP) is 3.58. The van der Waals surface area contributed by atoms with Gasteiger partial charge in [-0.05, 0) is 31.0 Å². The first-order valence-electron chi connectivity index (χ1n) is 10.1. The summed E-state index contributed by atoms with van der Waals surface area (Å²) in [6, 6.07) is 18.7. The smallest absolute Gasteiger partial charge is 0.276 e. The van der Waals surface area contributed by atoms with Crippen LogP contribution in [0.5, 0.6) is 5.75 Å². The monoisotopic (exact) mass is 404 g/mol. The van der Waals surface area contributed by atoms with Gasteiger partial charge in [-0.1, -0.05) is 42.5 Å². The molecule has 0 spiro atoms. The number of fused-ring (bicyclic) bond motifs is 1. The van der Waals surface area contributed by atoms with Crippen molar-refractivity contribution in [2.75, 3.05) is 18.5 Å². The molecule has 2 amide bonds. The summed E-state index contributed by atoms with van der Waals surface area (Å²) in [5.41, 5.74) is 2.30. The summed E-state index contributed by atoms with van der Waals surface area (Å²) in [4.78, 5) is 27.7. The zero-order valence-corrected chi connectivity index (χ0v) is 16.9. The fourth-order valence-electron chi connectivity index (χ4n) is 3.54. The zero-order valence-electron chi connectivity index (χ0n) is 16.9. The molecule has 1 N–H and O–H groups in total. The minimum Gasteiger partial charge on any atom is -0.492 e. The Hall–Kier alpha value is -3.61. The van der Waals surface area contributed by atoms with Crippen molar-refractivity contribution in [3.05, 3.63) is 77.6 Å². The Labute approximate surface area is 175 Å². The first kappa shape index (κ1) is 19.7. The van der Waals surface area contributed by atoms with Crippen molar-refractivity contribution in [3.63, 3.8) is 0 Å². The van der Waals surface area contributed by atoms with Gasteiger partial charge >= 0.3 is 0 Å². The third-order valence-electron chi connectivity index (χ3n) is 4.97. The maximum Gasteiger partial charge on any atom is 0.276 e. The lowest BCUT2D eigenvalue weighted by molar-refractivity contribution is 0.0745. The average Bonchev–Trinajstić information content (AvgIpc) is 3.13. The lowest BCUT2D eigenvalue weighted by Crippen LogP contribution is -2.30. The Morgan fingerprint density at radius 1 is 1.10 bits per heavy atom. The van der Waals surface area contributed by atoms with E-state index in [4.69, 9.17) is 4.74 Å². The predicted molar refractivity (Wildman–Crippen MR) is 114 cm³/mol. The number of hydrogen-bond donors (Lipinski definition) is 1. The fourth-order valence-corrected chi connectivity index (χ4v) is 3.54. The first-order valence-corrected chi connectivity index (χ1v) is 10.1. The van der Waals surface area contributed by atoms with Crippen LogP contribution in [0.1, 0.15) is 39.9 Å². The highest BCUT2D eigenvalue weighted by Gasteiger charge is 2.26. The quantitative estimate of drug-likeness (QED) is 0.681. The number of carbonyl (C=O) groups is 2. The molecule has 0 unspecified atom stereocenters. The van der Waals surface area contributed by atoms with Gasteiger partial charge in [-0.25, -0.2) is 0 Å². The number of aromatic nitrogens is 2. The number of benzene rings is 2. The SMILES string of the molecule is CCOc1ccccc1NC(=O)c1cc2n(n1)CCCN(Cc1ccccc1)C2=O. The van der Waals surface area contributed by atoms with Crippen molar-refractivity contribution in [1.82, 2.24) is 14.7 Å². The van der Waals surface area contributed by atoms with Crippen molar-refractivity contribution in [1.29, 1.82) is 0 Å². The van der Waals surface area contributed by atoms with Crippen molar-refractivity contribution < 1.29 is 14.3 Å². The van der Waals surface area contributed by atoms with Crippen LogP contribution in [0.3, 0.4) is 0 Å². The number of nitrogens with one attached hydrogen (secondary N) is 1. The Balaban J connectivity index is 1.53. The van der Waals surface area contributed by atoms with Crippen molar-refractivity contribution in [3.8, 4) is 5.75 Å². The highest BCUT2D eigenvalue weighted by Crippen LogP contribution is 2.24. The lowest BCUT2D eigenvalue weighted by Gasteiger charge is -2.20. The summed E-state index contributed by atoms with van der Waals surface area (Å²) >= 11 is 0. The molecule has 154 valence electrons. The number of amides is 2. The molecule has 0 radical (unpaired) electrons. The number of carbonyl (C=O) groups excluding carboxylic acids is 2. The molecule has 7 nitrogen and oxygen atoms in total. The van der Waals surface area contributed by atoms with Gasteiger partial charge in [0.25, 0.3) is 11.8 Å². The third kappa shape index (κ3) is 4.20. The van der Waals surface area contributed by atoms with Crippen LogP contribution in [-0.4, -0.2) is 39.6 Å². The lowest BCUT2D eigenvalue weighted by atomic mass is 10.2. The zero-order chi connectivity index (χ0) is 20.9. The van der Waals surface area contributed by atoms with E-state index >= 15 is 0 Å². The van der Waals surface area contributed by atoms with Gasteiger partial charge in [0.1, 0.15) is 11.4 Å². The maximum atomic E-state index is 13.1. The summed E-state index contributed by atoms with van der Waals surface area (Å²) in [5.74, 6) is 0.113.